The van der Waals surface area contributed by atoms with Crippen molar-refractivity contribution in [1.29, 1.82) is 0 Å². The van der Waals surface area contributed by atoms with Crippen LogP contribution in [0.1, 0.15) is 11.3 Å². The van der Waals surface area contributed by atoms with E-state index in [1.54, 1.807) is 23.5 Å². The topological polar surface area (TPSA) is 41.7 Å². The molecule has 0 bridgehead atoms. The van der Waals surface area contributed by atoms with Gasteiger partial charge in [0.2, 0.25) is 0 Å². The Morgan fingerprint density at radius 1 is 1.00 bits per heavy atom. The zero-order valence-corrected chi connectivity index (χ0v) is 16.7. The molecule has 0 amide bonds. The van der Waals surface area contributed by atoms with Crippen LogP contribution in [0.4, 0.5) is 15.2 Å². The SMILES string of the molecule is Fc1ccc2oc3c(c2c1)CN(c1ccc2nc(N4CCOCC4)sc2c1)CC3. The van der Waals surface area contributed by atoms with Crippen LogP contribution in [0, 0.1) is 5.82 Å². The first-order valence-electron chi connectivity index (χ1n) is 9.93. The summed E-state index contributed by atoms with van der Waals surface area (Å²) in [4.78, 5) is 9.46. The second-order valence-corrected chi connectivity index (χ2v) is 8.57. The Morgan fingerprint density at radius 3 is 2.79 bits per heavy atom. The van der Waals surface area contributed by atoms with Gasteiger partial charge in [-0.15, -0.1) is 0 Å². The molecule has 2 aromatic carbocycles. The predicted molar refractivity (Wildman–Crippen MR) is 114 cm³/mol. The van der Waals surface area contributed by atoms with Crippen molar-refractivity contribution >= 4 is 43.3 Å². The molecule has 0 aliphatic carbocycles. The number of rotatable bonds is 2. The highest BCUT2D eigenvalue weighted by atomic mass is 32.1. The third-order valence-electron chi connectivity index (χ3n) is 5.80. The van der Waals surface area contributed by atoms with E-state index in [9.17, 15) is 4.39 Å². The maximum absolute atomic E-state index is 13.8. The van der Waals surface area contributed by atoms with Gasteiger partial charge in [0.15, 0.2) is 5.13 Å². The Kier molecular flexibility index (Phi) is 3.99. The standard InChI is InChI=1S/C22H20FN3O2S/c23-14-1-4-19-16(11-14)17-13-26(6-5-20(17)28-19)15-2-3-18-21(12-15)29-22(24-18)25-7-9-27-10-8-25/h1-4,11-12H,5-10,13H2. The summed E-state index contributed by atoms with van der Waals surface area (Å²) >= 11 is 1.74. The number of ether oxygens (including phenoxy) is 1. The number of benzene rings is 2. The van der Waals surface area contributed by atoms with E-state index < -0.39 is 0 Å². The van der Waals surface area contributed by atoms with Crippen LogP contribution in [-0.4, -0.2) is 37.8 Å². The van der Waals surface area contributed by atoms with E-state index in [4.69, 9.17) is 14.1 Å². The lowest BCUT2D eigenvalue weighted by molar-refractivity contribution is 0.122. The van der Waals surface area contributed by atoms with Crippen LogP contribution >= 0.6 is 11.3 Å². The van der Waals surface area contributed by atoms with Crippen LogP contribution in [0.3, 0.4) is 0 Å². The Bertz CT molecular complexity index is 1210. The number of halogens is 1. The highest BCUT2D eigenvalue weighted by molar-refractivity contribution is 7.22. The van der Waals surface area contributed by atoms with Gasteiger partial charge in [-0.2, -0.15) is 0 Å². The number of anilines is 2. The Hall–Kier alpha value is -2.64. The van der Waals surface area contributed by atoms with E-state index in [0.717, 1.165) is 78.8 Å². The van der Waals surface area contributed by atoms with Gasteiger partial charge in [0, 0.05) is 49.2 Å². The summed E-state index contributed by atoms with van der Waals surface area (Å²) in [6.07, 6.45) is 0.825. The number of hydrogen-bond donors (Lipinski definition) is 0. The summed E-state index contributed by atoms with van der Waals surface area (Å²) in [6, 6.07) is 11.2. The molecular formula is C22H20FN3O2S. The first-order chi connectivity index (χ1) is 14.2. The van der Waals surface area contributed by atoms with Crippen molar-refractivity contribution in [1.82, 2.24) is 4.98 Å². The van der Waals surface area contributed by atoms with Crippen molar-refractivity contribution in [3.63, 3.8) is 0 Å². The van der Waals surface area contributed by atoms with Crippen LogP contribution in [0.5, 0.6) is 0 Å². The first kappa shape index (κ1) is 17.2. The number of thiazole rings is 1. The molecule has 2 aromatic heterocycles. The van der Waals surface area contributed by atoms with Crippen LogP contribution in [0.25, 0.3) is 21.2 Å². The molecule has 0 saturated carbocycles. The smallest absolute Gasteiger partial charge is 0.186 e. The van der Waals surface area contributed by atoms with Gasteiger partial charge >= 0.3 is 0 Å². The fraction of sp³-hybridized carbons (Fsp3) is 0.318. The minimum Gasteiger partial charge on any atom is -0.461 e. The van der Waals surface area contributed by atoms with Gasteiger partial charge in [-0.05, 0) is 36.4 Å². The molecule has 148 valence electrons. The second-order valence-electron chi connectivity index (χ2n) is 7.56. The largest absolute Gasteiger partial charge is 0.461 e. The molecule has 1 saturated heterocycles. The van der Waals surface area contributed by atoms with Gasteiger partial charge in [0.1, 0.15) is 17.2 Å². The quantitative estimate of drug-likeness (QED) is 0.485. The summed E-state index contributed by atoms with van der Waals surface area (Å²) in [5.41, 5.74) is 4.08. The monoisotopic (exact) mass is 409 g/mol. The van der Waals surface area contributed by atoms with Crippen LogP contribution < -0.4 is 9.80 Å². The third kappa shape index (κ3) is 2.96. The number of nitrogens with zero attached hydrogens (tertiary/aromatic N) is 3. The van der Waals surface area contributed by atoms with Gasteiger partial charge in [-0.25, -0.2) is 9.37 Å². The molecule has 2 aliphatic heterocycles. The average molecular weight is 409 g/mol. The molecule has 0 spiro atoms. The summed E-state index contributed by atoms with van der Waals surface area (Å²) in [5, 5.41) is 1.95. The molecular weight excluding hydrogens is 389 g/mol. The van der Waals surface area contributed by atoms with Gasteiger partial charge in [-0.1, -0.05) is 11.3 Å². The summed E-state index contributed by atoms with van der Waals surface area (Å²) in [5.74, 6) is 0.760. The molecule has 7 heteroatoms. The van der Waals surface area contributed by atoms with Gasteiger partial charge < -0.3 is 19.0 Å². The Labute approximate surface area is 171 Å². The van der Waals surface area contributed by atoms with Crippen molar-refractivity contribution in [2.75, 3.05) is 42.6 Å². The van der Waals surface area contributed by atoms with Crippen molar-refractivity contribution in [2.24, 2.45) is 0 Å². The molecule has 4 aromatic rings. The molecule has 5 nitrogen and oxygen atoms in total. The fourth-order valence-electron chi connectivity index (χ4n) is 4.26. The lowest BCUT2D eigenvalue weighted by Gasteiger charge is -2.28. The molecule has 0 unspecified atom stereocenters. The van der Waals surface area contributed by atoms with E-state index in [1.807, 2.05) is 0 Å². The summed E-state index contributed by atoms with van der Waals surface area (Å²) < 4.78 is 26.4. The maximum Gasteiger partial charge on any atom is 0.186 e. The van der Waals surface area contributed by atoms with Crippen LogP contribution in [-0.2, 0) is 17.7 Å². The molecule has 2 aliphatic rings. The zero-order valence-electron chi connectivity index (χ0n) is 15.9. The third-order valence-corrected chi connectivity index (χ3v) is 6.88. The van der Waals surface area contributed by atoms with E-state index in [1.165, 1.54) is 16.5 Å². The zero-order chi connectivity index (χ0) is 19.4. The lowest BCUT2D eigenvalue weighted by Crippen LogP contribution is -2.36. The number of morpholine rings is 1. The van der Waals surface area contributed by atoms with E-state index >= 15 is 0 Å². The first-order valence-corrected chi connectivity index (χ1v) is 10.7. The minimum absolute atomic E-state index is 0.222. The Morgan fingerprint density at radius 2 is 1.90 bits per heavy atom. The maximum atomic E-state index is 13.8. The highest BCUT2D eigenvalue weighted by Gasteiger charge is 2.24. The Balaban J connectivity index is 1.32. The highest BCUT2D eigenvalue weighted by Crippen LogP contribution is 2.36. The molecule has 0 radical (unpaired) electrons. The minimum atomic E-state index is -0.222. The molecule has 0 atom stereocenters. The van der Waals surface area contributed by atoms with Gasteiger partial charge in [0.25, 0.3) is 0 Å². The van der Waals surface area contributed by atoms with Crippen molar-refractivity contribution in [3.05, 3.63) is 53.5 Å². The number of aromatic nitrogens is 1. The molecule has 0 N–H and O–H groups in total. The van der Waals surface area contributed by atoms with E-state index in [-0.39, 0.29) is 5.82 Å². The number of fused-ring (bicyclic) bond motifs is 4. The van der Waals surface area contributed by atoms with Crippen molar-refractivity contribution in [2.45, 2.75) is 13.0 Å². The second kappa shape index (κ2) is 6.71. The van der Waals surface area contributed by atoms with Crippen LogP contribution in [0.2, 0.25) is 0 Å². The predicted octanol–water partition coefficient (Wildman–Crippen LogP) is 4.58. The number of hydrogen-bond acceptors (Lipinski definition) is 6. The molecule has 4 heterocycles. The fourth-order valence-corrected chi connectivity index (χ4v) is 5.31. The van der Waals surface area contributed by atoms with Crippen molar-refractivity contribution < 1.29 is 13.5 Å². The molecule has 29 heavy (non-hydrogen) atoms. The summed E-state index contributed by atoms with van der Waals surface area (Å²) in [6.45, 7) is 4.92. The number of furan rings is 1. The van der Waals surface area contributed by atoms with E-state index in [2.05, 4.69) is 28.0 Å². The van der Waals surface area contributed by atoms with Gasteiger partial charge in [0.05, 0.1) is 23.4 Å². The lowest BCUT2D eigenvalue weighted by atomic mass is 10.0. The molecule has 6 rings (SSSR count). The van der Waals surface area contributed by atoms with Crippen LogP contribution in [0.15, 0.2) is 40.8 Å². The van der Waals surface area contributed by atoms with Crippen molar-refractivity contribution in [3.8, 4) is 0 Å². The van der Waals surface area contributed by atoms with E-state index in [0.29, 0.717) is 0 Å². The normalized spacial score (nSPS) is 17.3. The van der Waals surface area contributed by atoms with Gasteiger partial charge in [-0.3, -0.25) is 0 Å². The average Bonchev–Trinajstić information content (AvgIpc) is 3.34. The summed E-state index contributed by atoms with van der Waals surface area (Å²) in [7, 11) is 0. The molecule has 1 fully saturated rings.